The van der Waals surface area contributed by atoms with E-state index < -0.39 is 18.0 Å². The second-order valence-electron chi connectivity index (χ2n) is 6.46. The maximum atomic E-state index is 12.9. The summed E-state index contributed by atoms with van der Waals surface area (Å²) in [6.45, 7) is 6.27. The van der Waals surface area contributed by atoms with Crippen molar-refractivity contribution in [1.29, 1.82) is 0 Å². The van der Waals surface area contributed by atoms with Crippen LogP contribution in [0.2, 0.25) is 0 Å². The smallest absolute Gasteiger partial charge is 0.332 e. The van der Waals surface area contributed by atoms with Crippen LogP contribution in [0, 0.1) is 0 Å². The number of nitrogens with one attached hydrogen (secondary N) is 1. The van der Waals surface area contributed by atoms with Crippen molar-refractivity contribution in [2.75, 3.05) is 23.4 Å². The van der Waals surface area contributed by atoms with E-state index in [1.807, 2.05) is 6.92 Å². The fraction of sp³-hybridized carbons (Fsp3) is 0.227. The molecule has 0 saturated carbocycles. The molecular formula is C22H23N3O4. The van der Waals surface area contributed by atoms with Gasteiger partial charge in [-0.15, -0.1) is 6.58 Å². The number of hydrogen-bond donors (Lipinski definition) is 1. The fourth-order valence-corrected chi connectivity index (χ4v) is 3.18. The van der Waals surface area contributed by atoms with Crippen molar-refractivity contribution < 1.29 is 19.1 Å². The molecule has 1 atom stereocenters. The number of benzene rings is 2. The molecular weight excluding hydrogens is 370 g/mol. The highest BCUT2D eigenvalue weighted by Gasteiger charge is 2.46. The third kappa shape index (κ3) is 4.45. The first kappa shape index (κ1) is 20.1. The van der Waals surface area contributed by atoms with Crippen LogP contribution in [0.1, 0.15) is 13.3 Å². The van der Waals surface area contributed by atoms with Crippen LogP contribution in [0.15, 0.2) is 67.3 Å². The molecule has 1 fully saturated rings. The number of amides is 4. The average Bonchev–Trinajstić information content (AvgIpc) is 2.94. The molecule has 2 aromatic carbocycles. The molecule has 7 heteroatoms. The van der Waals surface area contributed by atoms with E-state index in [0.29, 0.717) is 23.7 Å². The van der Waals surface area contributed by atoms with E-state index in [4.69, 9.17) is 4.74 Å². The molecule has 7 nitrogen and oxygen atoms in total. The minimum absolute atomic E-state index is 0.144. The fourth-order valence-electron chi connectivity index (χ4n) is 3.18. The summed E-state index contributed by atoms with van der Waals surface area (Å²) in [7, 11) is 0. The number of urea groups is 1. The molecule has 29 heavy (non-hydrogen) atoms. The highest BCUT2D eigenvalue weighted by molar-refractivity contribution is 6.22. The molecule has 1 N–H and O–H groups in total. The zero-order valence-electron chi connectivity index (χ0n) is 16.2. The van der Waals surface area contributed by atoms with Crippen molar-refractivity contribution in [2.24, 2.45) is 0 Å². The standard InChI is InChI=1S/C22H23N3O4/c1-3-14-24-19(21(27)25(22(24)28)17-8-6-5-7-9-17)15-20(26)23-16-10-12-18(13-11-16)29-4-2/h3,5-13,19H,1,4,14-15H2,2H3,(H,23,26)/t19-/m0/s1. The molecule has 1 heterocycles. The maximum absolute atomic E-state index is 12.9. The van der Waals surface area contributed by atoms with Crippen molar-refractivity contribution in [3.63, 3.8) is 0 Å². The summed E-state index contributed by atoms with van der Waals surface area (Å²) in [6.07, 6.45) is 1.39. The van der Waals surface area contributed by atoms with Crippen LogP contribution < -0.4 is 15.0 Å². The van der Waals surface area contributed by atoms with Gasteiger partial charge in [0.15, 0.2) is 0 Å². The monoisotopic (exact) mass is 393 g/mol. The van der Waals surface area contributed by atoms with Gasteiger partial charge >= 0.3 is 6.03 Å². The van der Waals surface area contributed by atoms with Crippen LogP contribution in [0.25, 0.3) is 0 Å². The lowest BCUT2D eigenvalue weighted by Crippen LogP contribution is -2.38. The van der Waals surface area contributed by atoms with Gasteiger partial charge in [-0.1, -0.05) is 24.3 Å². The Morgan fingerprint density at radius 1 is 1.14 bits per heavy atom. The van der Waals surface area contributed by atoms with Crippen molar-refractivity contribution in [3.8, 4) is 5.75 Å². The largest absolute Gasteiger partial charge is 0.494 e. The summed E-state index contributed by atoms with van der Waals surface area (Å²) < 4.78 is 5.38. The van der Waals surface area contributed by atoms with Gasteiger partial charge in [-0.2, -0.15) is 0 Å². The van der Waals surface area contributed by atoms with Crippen LogP contribution in [-0.4, -0.2) is 41.9 Å². The van der Waals surface area contributed by atoms with E-state index in [1.165, 1.54) is 11.0 Å². The van der Waals surface area contributed by atoms with Crippen LogP contribution in [0.5, 0.6) is 5.75 Å². The van der Waals surface area contributed by atoms with Crippen molar-refractivity contribution in [2.45, 2.75) is 19.4 Å². The lowest BCUT2D eigenvalue weighted by molar-refractivity contribution is -0.124. The van der Waals surface area contributed by atoms with Crippen molar-refractivity contribution in [3.05, 3.63) is 67.3 Å². The molecule has 0 spiro atoms. The van der Waals surface area contributed by atoms with Crippen LogP contribution in [0.4, 0.5) is 16.2 Å². The first-order chi connectivity index (χ1) is 14.0. The third-order valence-electron chi connectivity index (χ3n) is 4.49. The zero-order chi connectivity index (χ0) is 20.8. The molecule has 150 valence electrons. The van der Waals surface area contributed by atoms with Gasteiger partial charge < -0.3 is 15.0 Å². The van der Waals surface area contributed by atoms with Crippen molar-refractivity contribution in [1.82, 2.24) is 4.90 Å². The van der Waals surface area contributed by atoms with Crippen LogP contribution >= 0.6 is 0 Å². The number of para-hydroxylation sites is 1. The Labute approximate surface area is 169 Å². The summed E-state index contributed by atoms with van der Waals surface area (Å²) in [6, 6.07) is 14.3. The molecule has 0 bridgehead atoms. The first-order valence-corrected chi connectivity index (χ1v) is 9.38. The van der Waals surface area contributed by atoms with E-state index in [-0.39, 0.29) is 18.9 Å². The molecule has 2 aromatic rings. The van der Waals surface area contributed by atoms with Gasteiger partial charge in [-0.25, -0.2) is 9.69 Å². The molecule has 0 aliphatic carbocycles. The van der Waals surface area contributed by atoms with E-state index in [2.05, 4.69) is 11.9 Å². The Kier molecular flexibility index (Phi) is 6.29. The van der Waals surface area contributed by atoms with Gasteiger partial charge in [0.2, 0.25) is 5.91 Å². The summed E-state index contributed by atoms with van der Waals surface area (Å²) >= 11 is 0. The minimum atomic E-state index is -0.886. The molecule has 0 radical (unpaired) electrons. The van der Waals surface area contributed by atoms with Gasteiger partial charge in [0.1, 0.15) is 11.8 Å². The Hall–Kier alpha value is -3.61. The lowest BCUT2D eigenvalue weighted by atomic mass is 10.1. The van der Waals surface area contributed by atoms with Gasteiger partial charge in [0.05, 0.1) is 18.7 Å². The second-order valence-corrected chi connectivity index (χ2v) is 6.46. The number of imide groups is 1. The predicted molar refractivity (Wildman–Crippen MR) is 111 cm³/mol. The predicted octanol–water partition coefficient (Wildman–Crippen LogP) is 3.44. The third-order valence-corrected chi connectivity index (χ3v) is 4.49. The number of carbonyl (C=O) groups excluding carboxylic acids is 3. The molecule has 0 unspecified atom stereocenters. The average molecular weight is 393 g/mol. The van der Waals surface area contributed by atoms with Gasteiger partial charge in [0.25, 0.3) is 5.91 Å². The number of nitrogens with zero attached hydrogens (tertiary/aromatic N) is 2. The number of carbonyl (C=O) groups is 3. The summed E-state index contributed by atoms with van der Waals surface area (Å²) in [5, 5.41) is 2.76. The Morgan fingerprint density at radius 3 is 2.45 bits per heavy atom. The van der Waals surface area contributed by atoms with Crippen molar-refractivity contribution >= 4 is 29.2 Å². The van der Waals surface area contributed by atoms with Gasteiger partial charge in [-0.05, 0) is 43.3 Å². The highest BCUT2D eigenvalue weighted by atomic mass is 16.5. The quantitative estimate of drug-likeness (QED) is 0.550. The van der Waals surface area contributed by atoms with Gasteiger partial charge in [0, 0.05) is 12.2 Å². The van der Waals surface area contributed by atoms with E-state index >= 15 is 0 Å². The Balaban J connectivity index is 1.73. The van der Waals surface area contributed by atoms with Gasteiger partial charge in [-0.3, -0.25) is 9.59 Å². The van der Waals surface area contributed by atoms with E-state index in [9.17, 15) is 14.4 Å². The number of rotatable bonds is 8. The topological polar surface area (TPSA) is 79.0 Å². The zero-order valence-corrected chi connectivity index (χ0v) is 16.2. The molecule has 1 aliphatic rings. The number of anilines is 2. The van der Waals surface area contributed by atoms with Crippen LogP contribution in [0.3, 0.4) is 0 Å². The molecule has 1 saturated heterocycles. The van der Waals surface area contributed by atoms with Crippen LogP contribution in [-0.2, 0) is 9.59 Å². The number of hydrogen-bond acceptors (Lipinski definition) is 4. The first-order valence-electron chi connectivity index (χ1n) is 9.38. The molecule has 4 amide bonds. The Bertz CT molecular complexity index is 896. The molecule has 1 aliphatic heterocycles. The number of ether oxygens (including phenoxy) is 1. The lowest BCUT2D eigenvalue weighted by Gasteiger charge is -2.19. The van der Waals surface area contributed by atoms with E-state index in [0.717, 1.165) is 4.90 Å². The molecule has 3 rings (SSSR count). The summed E-state index contributed by atoms with van der Waals surface area (Å²) in [5.74, 6) is -0.0769. The van der Waals surface area contributed by atoms with E-state index in [1.54, 1.807) is 54.6 Å². The second kappa shape index (κ2) is 9.05. The normalized spacial score (nSPS) is 16.1. The molecule has 0 aromatic heterocycles. The highest BCUT2D eigenvalue weighted by Crippen LogP contribution is 2.27. The minimum Gasteiger partial charge on any atom is -0.494 e. The summed E-state index contributed by atoms with van der Waals surface area (Å²) in [4.78, 5) is 40.7. The maximum Gasteiger partial charge on any atom is 0.332 e. The summed E-state index contributed by atoms with van der Waals surface area (Å²) in [5.41, 5.74) is 1.07. The SMILES string of the molecule is C=CCN1C(=O)N(c2ccccc2)C(=O)[C@@H]1CC(=O)Nc1ccc(OCC)cc1. The Morgan fingerprint density at radius 2 is 1.83 bits per heavy atom.